The molecule has 1 fully saturated rings. The van der Waals surface area contributed by atoms with E-state index in [-0.39, 0.29) is 22.8 Å². The van der Waals surface area contributed by atoms with Crippen LogP contribution in [0, 0.1) is 0 Å². The van der Waals surface area contributed by atoms with E-state index in [0.717, 1.165) is 33.5 Å². The van der Waals surface area contributed by atoms with E-state index in [4.69, 9.17) is 4.74 Å². The molecule has 2 aromatic heterocycles. The smallest absolute Gasteiger partial charge is 0.295 e. The van der Waals surface area contributed by atoms with Crippen LogP contribution in [0.4, 0.5) is 13.9 Å². The lowest BCUT2D eigenvalue weighted by atomic mass is 10.1. The fourth-order valence-electron chi connectivity index (χ4n) is 4.00. The summed E-state index contributed by atoms with van der Waals surface area (Å²) in [5.41, 5.74) is 1.49. The number of alkyl halides is 2. The zero-order valence-corrected chi connectivity index (χ0v) is 19.2. The van der Waals surface area contributed by atoms with Crippen molar-refractivity contribution in [3.63, 3.8) is 0 Å². The van der Waals surface area contributed by atoms with E-state index in [0.29, 0.717) is 31.2 Å². The highest BCUT2D eigenvalue weighted by Gasteiger charge is 2.33. The van der Waals surface area contributed by atoms with E-state index in [1.54, 1.807) is 14.0 Å². The third-order valence-electron chi connectivity index (χ3n) is 5.65. The van der Waals surface area contributed by atoms with Crippen molar-refractivity contribution in [3.05, 3.63) is 51.6 Å². The van der Waals surface area contributed by atoms with Crippen molar-refractivity contribution in [2.24, 2.45) is 0 Å². The number of aromatic nitrogens is 3. The van der Waals surface area contributed by atoms with Gasteiger partial charge in [-0.05, 0) is 30.9 Å². The maximum atomic E-state index is 13.4. The molecule has 1 aliphatic rings. The Bertz CT molecular complexity index is 1200. The first-order valence-corrected chi connectivity index (χ1v) is 11.5. The maximum absolute atomic E-state index is 13.4. The first kappa shape index (κ1) is 23.2. The van der Waals surface area contributed by atoms with Crippen LogP contribution in [0.5, 0.6) is 0 Å². The number of rotatable bonds is 8. The lowest BCUT2D eigenvalue weighted by Gasteiger charge is -2.23. The molecule has 0 unspecified atom stereocenters. The number of halogens is 2. The van der Waals surface area contributed by atoms with Crippen molar-refractivity contribution >= 4 is 32.7 Å². The maximum Gasteiger partial charge on any atom is 0.295 e. The molecule has 1 N–H and O–H groups in total. The highest BCUT2D eigenvalue weighted by Crippen LogP contribution is 2.32. The van der Waals surface area contributed by atoms with Gasteiger partial charge in [-0.1, -0.05) is 35.6 Å². The number of methoxy groups -OCH3 is 1. The molecule has 0 saturated carbocycles. The topological polar surface area (TPSA) is 89.3 Å². The number of hydrogen-bond acceptors (Lipinski definition) is 7. The van der Waals surface area contributed by atoms with Crippen LogP contribution < -0.4 is 15.8 Å². The van der Waals surface area contributed by atoms with Crippen LogP contribution in [-0.2, 0) is 29.2 Å². The van der Waals surface area contributed by atoms with E-state index in [2.05, 4.69) is 15.3 Å². The molecule has 1 aromatic carbocycles. The zero-order chi connectivity index (χ0) is 23.5. The van der Waals surface area contributed by atoms with Crippen molar-refractivity contribution in [3.8, 4) is 0 Å². The van der Waals surface area contributed by atoms with Gasteiger partial charge in [-0.2, -0.15) is 0 Å². The Balaban J connectivity index is 1.52. The summed E-state index contributed by atoms with van der Waals surface area (Å²) >= 11 is 1.07. The Morgan fingerprint density at radius 1 is 1.27 bits per heavy atom. The molecule has 0 spiro atoms. The Hall–Kier alpha value is -2.92. The summed E-state index contributed by atoms with van der Waals surface area (Å²) in [4.78, 5) is 36.0. The fourth-order valence-corrected chi connectivity index (χ4v) is 5.02. The first-order chi connectivity index (χ1) is 15.9. The van der Waals surface area contributed by atoms with Gasteiger partial charge in [-0.3, -0.25) is 14.2 Å². The normalized spacial score (nSPS) is 16.2. The molecular weight excluding hydrogens is 452 g/mol. The number of amides is 1. The minimum Gasteiger partial charge on any atom is -0.380 e. The van der Waals surface area contributed by atoms with Crippen LogP contribution in [0.3, 0.4) is 0 Å². The summed E-state index contributed by atoms with van der Waals surface area (Å²) < 4.78 is 32.8. The molecule has 3 aromatic rings. The van der Waals surface area contributed by atoms with Gasteiger partial charge >= 0.3 is 0 Å². The molecule has 0 aliphatic carbocycles. The predicted molar refractivity (Wildman–Crippen MR) is 122 cm³/mol. The van der Waals surface area contributed by atoms with Gasteiger partial charge in [0.1, 0.15) is 6.04 Å². The molecule has 4 rings (SSSR count). The molecule has 33 heavy (non-hydrogen) atoms. The van der Waals surface area contributed by atoms with Crippen molar-refractivity contribution in [1.82, 2.24) is 19.9 Å². The summed E-state index contributed by atoms with van der Waals surface area (Å²) in [6.07, 6.45) is -1.43. The van der Waals surface area contributed by atoms with Gasteiger partial charge in [0, 0.05) is 26.7 Å². The predicted octanol–water partition coefficient (Wildman–Crippen LogP) is 3.24. The summed E-state index contributed by atoms with van der Waals surface area (Å²) in [6, 6.07) is 7.36. The van der Waals surface area contributed by atoms with Crippen molar-refractivity contribution in [2.45, 2.75) is 51.9 Å². The zero-order valence-electron chi connectivity index (χ0n) is 18.4. The first-order valence-electron chi connectivity index (χ1n) is 10.7. The molecule has 1 aliphatic heterocycles. The van der Waals surface area contributed by atoms with Crippen molar-refractivity contribution in [1.29, 1.82) is 0 Å². The second-order valence-corrected chi connectivity index (χ2v) is 8.75. The summed E-state index contributed by atoms with van der Waals surface area (Å²) in [5.74, 6) is -0.697. The quantitative estimate of drug-likeness (QED) is 0.536. The van der Waals surface area contributed by atoms with E-state index in [9.17, 15) is 18.4 Å². The van der Waals surface area contributed by atoms with Gasteiger partial charge < -0.3 is 15.0 Å². The van der Waals surface area contributed by atoms with Gasteiger partial charge in [0.05, 0.1) is 6.61 Å². The molecule has 0 radical (unpaired) electrons. The van der Waals surface area contributed by atoms with Crippen molar-refractivity contribution < 1.29 is 18.3 Å². The molecular formula is C22H25F2N5O3S. The van der Waals surface area contributed by atoms with Crippen LogP contribution >= 0.6 is 11.3 Å². The molecule has 1 atom stereocenters. The van der Waals surface area contributed by atoms with Gasteiger partial charge in [-0.15, -0.1) is 0 Å². The second-order valence-electron chi connectivity index (χ2n) is 7.79. The number of nitrogens with zero attached hydrogens (tertiary/aromatic N) is 4. The van der Waals surface area contributed by atoms with Crippen LogP contribution in [0.2, 0.25) is 0 Å². The Labute approximate surface area is 193 Å². The highest BCUT2D eigenvalue weighted by molar-refractivity contribution is 7.21. The van der Waals surface area contributed by atoms with Crippen molar-refractivity contribution in [2.75, 3.05) is 18.6 Å². The highest BCUT2D eigenvalue weighted by atomic mass is 32.1. The minimum absolute atomic E-state index is 0.0588. The van der Waals surface area contributed by atoms with Crippen LogP contribution in [0.1, 0.15) is 43.1 Å². The summed E-state index contributed by atoms with van der Waals surface area (Å²) in [6.45, 7) is 3.20. The monoisotopic (exact) mass is 477 g/mol. The van der Waals surface area contributed by atoms with Crippen LogP contribution in [0.15, 0.2) is 29.1 Å². The SMILES string of the molecule is CCn1c(C(F)F)nc2sc(N3CCC[C@@H]3C(=O)NCc3ccc(COC)cc3)nc2c1=O. The fraction of sp³-hybridized carbons (Fsp3) is 0.455. The molecule has 0 bridgehead atoms. The van der Waals surface area contributed by atoms with Gasteiger partial charge in [0.15, 0.2) is 21.3 Å². The van der Waals surface area contributed by atoms with E-state index in [1.807, 2.05) is 29.2 Å². The average Bonchev–Trinajstić information content (AvgIpc) is 3.45. The number of carbonyl (C=O) groups is 1. The third kappa shape index (κ3) is 4.74. The number of nitrogens with one attached hydrogen (secondary N) is 1. The molecule has 1 amide bonds. The number of fused-ring (bicyclic) bond motifs is 1. The Morgan fingerprint density at radius 2 is 2.00 bits per heavy atom. The van der Waals surface area contributed by atoms with E-state index in [1.165, 1.54) is 0 Å². The van der Waals surface area contributed by atoms with E-state index < -0.39 is 23.9 Å². The lowest BCUT2D eigenvalue weighted by Crippen LogP contribution is -2.43. The summed E-state index contributed by atoms with van der Waals surface area (Å²) in [5, 5.41) is 3.41. The Kier molecular flexibility index (Phi) is 6.99. The number of ether oxygens (including phenoxy) is 1. The van der Waals surface area contributed by atoms with Crippen LogP contribution in [0.25, 0.3) is 10.3 Å². The Morgan fingerprint density at radius 3 is 2.67 bits per heavy atom. The summed E-state index contributed by atoms with van der Waals surface area (Å²) in [7, 11) is 1.64. The minimum atomic E-state index is -2.86. The number of thiazole rings is 1. The molecule has 8 nitrogen and oxygen atoms in total. The van der Waals surface area contributed by atoms with Gasteiger partial charge in [0.25, 0.3) is 12.0 Å². The third-order valence-corrected chi connectivity index (χ3v) is 6.64. The van der Waals surface area contributed by atoms with Gasteiger partial charge in [-0.25, -0.2) is 18.7 Å². The number of benzene rings is 1. The van der Waals surface area contributed by atoms with Crippen LogP contribution in [-0.4, -0.2) is 40.1 Å². The average molecular weight is 478 g/mol. The number of anilines is 1. The molecule has 176 valence electrons. The number of hydrogen-bond donors (Lipinski definition) is 1. The molecule has 1 saturated heterocycles. The van der Waals surface area contributed by atoms with Gasteiger partial charge in [0.2, 0.25) is 5.91 Å². The molecule has 3 heterocycles. The molecule has 11 heteroatoms. The second kappa shape index (κ2) is 9.92. The lowest BCUT2D eigenvalue weighted by molar-refractivity contribution is -0.122. The largest absolute Gasteiger partial charge is 0.380 e. The number of carbonyl (C=O) groups excluding carboxylic acids is 1. The van der Waals surface area contributed by atoms with E-state index >= 15 is 0 Å². The standard InChI is InChI=1S/C22H25F2N5O3S/c1-3-28-18(17(23)24)27-20-16(21(28)31)26-22(33-20)29-10-4-5-15(29)19(30)25-11-13-6-8-14(9-7-13)12-32-2/h6-9,15,17H,3-5,10-12H2,1-2H3,(H,25,30)/t15-/m1/s1.